The monoisotopic (exact) mass is 267 g/mol. The van der Waals surface area contributed by atoms with Crippen LogP contribution in [0.3, 0.4) is 0 Å². The molecule has 19 heavy (non-hydrogen) atoms. The Morgan fingerprint density at radius 2 is 2.16 bits per heavy atom. The van der Waals surface area contributed by atoms with Crippen molar-refractivity contribution in [1.29, 1.82) is 0 Å². The molecule has 0 aliphatic rings. The molecule has 106 valence electrons. The van der Waals surface area contributed by atoms with Gasteiger partial charge in [-0.05, 0) is 11.8 Å². The van der Waals surface area contributed by atoms with E-state index >= 15 is 0 Å². The molecule has 0 saturated heterocycles. The molecule has 0 spiro atoms. The second-order valence-electron chi connectivity index (χ2n) is 5.65. The molecule has 6 nitrogen and oxygen atoms in total. The summed E-state index contributed by atoms with van der Waals surface area (Å²) in [7, 11) is 1.52. The van der Waals surface area contributed by atoms with Crippen LogP contribution in [0.4, 0.5) is 5.82 Å². The number of nitrogens with one attached hydrogen (secondary N) is 1. The highest BCUT2D eigenvalue weighted by atomic mass is 16.5. The molecule has 1 atom stereocenters. The minimum atomic E-state index is -0.831. The van der Waals surface area contributed by atoms with Gasteiger partial charge >= 0.3 is 5.97 Å². The highest BCUT2D eigenvalue weighted by Crippen LogP contribution is 2.24. The van der Waals surface area contributed by atoms with E-state index in [4.69, 9.17) is 9.84 Å². The maximum atomic E-state index is 10.9. The van der Waals surface area contributed by atoms with Gasteiger partial charge in [0.25, 0.3) is 0 Å². The number of methoxy groups -OCH3 is 1. The maximum absolute atomic E-state index is 10.9. The van der Waals surface area contributed by atoms with Crippen LogP contribution in [-0.2, 0) is 4.79 Å². The largest absolute Gasteiger partial charge is 0.481 e. The van der Waals surface area contributed by atoms with E-state index in [1.165, 1.54) is 13.4 Å². The Kier molecular flexibility index (Phi) is 5.09. The molecule has 1 aromatic rings. The lowest BCUT2D eigenvalue weighted by Crippen LogP contribution is -2.28. The second kappa shape index (κ2) is 6.36. The molecule has 2 N–H and O–H groups in total. The van der Waals surface area contributed by atoms with Crippen molar-refractivity contribution in [2.24, 2.45) is 5.41 Å². The summed E-state index contributed by atoms with van der Waals surface area (Å²) in [6.45, 7) is 6.22. The first-order chi connectivity index (χ1) is 8.80. The number of ether oxygens (including phenoxy) is 1. The van der Waals surface area contributed by atoms with Crippen LogP contribution in [-0.4, -0.2) is 34.2 Å². The highest BCUT2D eigenvalue weighted by molar-refractivity contribution is 5.68. The average molecular weight is 267 g/mol. The summed E-state index contributed by atoms with van der Waals surface area (Å²) in [6, 6.07) is 1.47. The Morgan fingerprint density at radius 3 is 2.68 bits per heavy atom. The third kappa shape index (κ3) is 6.03. The molecule has 1 aromatic heterocycles. The molecule has 0 aliphatic carbocycles. The second-order valence-corrected chi connectivity index (χ2v) is 5.65. The standard InChI is InChI=1S/C13H21N3O3/c1-13(2,3)7-9(5-12(17)18)16-10-6-11(19-4)15-8-14-10/h6,8-9H,5,7H2,1-4H3,(H,17,18)(H,14,15,16). The van der Waals surface area contributed by atoms with E-state index in [0.29, 0.717) is 11.7 Å². The first-order valence-corrected chi connectivity index (χ1v) is 6.14. The third-order valence-electron chi connectivity index (χ3n) is 2.48. The van der Waals surface area contributed by atoms with Crippen molar-refractivity contribution in [3.63, 3.8) is 0 Å². The van der Waals surface area contributed by atoms with Crippen molar-refractivity contribution in [2.45, 2.75) is 39.7 Å². The van der Waals surface area contributed by atoms with Gasteiger partial charge in [0.1, 0.15) is 12.1 Å². The zero-order valence-electron chi connectivity index (χ0n) is 11.8. The predicted octanol–water partition coefficient (Wildman–Crippen LogP) is 2.18. The Morgan fingerprint density at radius 1 is 1.47 bits per heavy atom. The lowest BCUT2D eigenvalue weighted by Gasteiger charge is -2.26. The fourth-order valence-electron chi connectivity index (χ4n) is 1.86. The molecule has 0 bridgehead atoms. The number of carboxylic acid groups (broad SMARTS) is 1. The quantitative estimate of drug-likeness (QED) is 0.821. The Hall–Kier alpha value is -1.85. The fraction of sp³-hybridized carbons (Fsp3) is 0.615. The van der Waals surface area contributed by atoms with Crippen LogP contribution in [0.1, 0.15) is 33.6 Å². The lowest BCUT2D eigenvalue weighted by atomic mass is 9.87. The number of carbonyl (C=O) groups is 1. The summed E-state index contributed by atoms with van der Waals surface area (Å²) in [4.78, 5) is 18.9. The minimum absolute atomic E-state index is 0.0320. The van der Waals surface area contributed by atoms with Crippen LogP contribution in [0.2, 0.25) is 0 Å². The van der Waals surface area contributed by atoms with Gasteiger partial charge in [0.15, 0.2) is 0 Å². The Balaban J connectivity index is 2.77. The van der Waals surface area contributed by atoms with Crippen molar-refractivity contribution < 1.29 is 14.6 Å². The molecular weight excluding hydrogens is 246 g/mol. The Bertz CT molecular complexity index is 429. The molecule has 0 radical (unpaired) electrons. The SMILES string of the molecule is COc1cc(NC(CC(=O)O)CC(C)(C)C)ncn1. The molecule has 1 unspecified atom stereocenters. The van der Waals surface area contributed by atoms with E-state index in [0.717, 1.165) is 6.42 Å². The van der Waals surface area contributed by atoms with Crippen LogP contribution >= 0.6 is 0 Å². The number of aromatic nitrogens is 2. The summed E-state index contributed by atoms with van der Waals surface area (Å²) in [5.74, 6) is 0.187. The first-order valence-electron chi connectivity index (χ1n) is 6.14. The zero-order chi connectivity index (χ0) is 14.5. The van der Waals surface area contributed by atoms with Gasteiger partial charge in [-0.25, -0.2) is 9.97 Å². The van der Waals surface area contributed by atoms with Crippen LogP contribution in [0.5, 0.6) is 5.88 Å². The van der Waals surface area contributed by atoms with Gasteiger partial charge in [0.05, 0.1) is 13.5 Å². The molecule has 0 aromatic carbocycles. The van der Waals surface area contributed by atoms with E-state index in [1.807, 2.05) is 0 Å². The first kappa shape index (κ1) is 15.2. The molecule has 0 fully saturated rings. The minimum Gasteiger partial charge on any atom is -0.481 e. The van der Waals surface area contributed by atoms with Crippen molar-refractivity contribution in [3.8, 4) is 5.88 Å². The van der Waals surface area contributed by atoms with Crippen LogP contribution in [0, 0.1) is 5.41 Å². The summed E-state index contributed by atoms with van der Waals surface area (Å²) < 4.78 is 5.01. The Labute approximate surface area is 113 Å². The number of carboxylic acids is 1. The van der Waals surface area contributed by atoms with E-state index in [2.05, 4.69) is 36.1 Å². The van der Waals surface area contributed by atoms with Crippen molar-refractivity contribution >= 4 is 11.8 Å². The molecule has 0 amide bonds. The van der Waals surface area contributed by atoms with Gasteiger partial charge in [0, 0.05) is 12.1 Å². The number of hydrogen-bond donors (Lipinski definition) is 2. The van der Waals surface area contributed by atoms with Gasteiger partial charge in [-0.1, -0.05) is 20.8 Å². The fourth-order valence-corrected chi connectivity index (χ4v) is 1.86. The molecule has 1 heterocycles. The summed E-state index contributed by atoms with van der Waals surface area (Å²) in [6.07, 6.45) is 2.16. The molecule has 0 saturated carbocycles. The van der Waals surface area contributed by atoms with Crippen molar-refractivity contribution in [2.75, 3.05) is 12.4 Å². The van der Waals surface area contributed by atoms with Crippen LogP contribution in [0.15, 0.2) is 12.4 Å². The smallest absolute Gasteiger partial charge is 0.305 e. The maximum Gasteiger partial charge on any atom is 0.305 e. The van der Waals surface area contributed by atoms with Crippen LogP contribution < -0.4 is 10.1 Å². The number of aliphatic carboxylic acids is 1. The number of anilines is 1. The van der Waals surface area contributed by atoms with E-state index in [1.54, 1.807) is 6.07 Å². The van der Waals surface area contributed by atoms with Crippen LogP contribution in [0.25, 0.3) is 0 Å². The third-order valence-corrected chi connectivity index (χ3v) is 2.48. The van der Waals surface area contributed by atoms with E-state index in [9.17, 15) is 4.79 Å². The molecule has 0 aliphatic heterocycles. The average Bonchev–Trinajstić information content (AvgIpc) is 2.26. The van der Waals surface area contributed by atoms with Gasteiger partial charge in [-0.3, -0.25) is 4.79 Å². The molecule has 1 rings (SSSR count). The molecular formula is C13H21N3O3. The zero-order valence-corrected chi connectivity index (χ0v) is 11.8. The highest BCUT2D eigenvalue weighted by Gasteiger charge is 2.21. The summed E-state index contributed by atoms with van der Waals surface area (Å²) in [5.41, 5.74) is 0.0320. The topological polar surface area (TPSA) is 84.3 Å². The van der Waals surface area contributed by atoms with E-state index in [-0.39, 0.29) is 17.9 Å². The van der Waals surface area contributed by atoms with Gasteiger partial charge in [0.2, 0.25) is 5.88 Å². The van der Waals surface area contributed by atoms with E-state index < -0.39 is 5.97 Å². The number of hydrogen-bond acceptors (Lipinski definition) is 5. The van der Waals surface area contributed by atoms with Gasteiger partial charge in [-0.2, -0.15) is 0 Å². The van der Waals surface area contributed by atoms with Crippen molar-refractivity contribution in [3.05, 3.63) is 12.4 Å². The predicted molar refractivity (Wildman–Crippen MR) is 72.3 cm³/mol. The number of rotatable bonds is 6. The summed E-state index contributed by atoms with van der Waals surface area (Å²) >= 11 is 0. The van der Waals surface area contributed by atoms with Gasteiger partial charge in [-0.15, -0.1) is 0 Å². The normalized spacial score (nSPS) is 12.8. The lowest BCUT2D eigenvalue weighted by molar-refractivity contribution is -0.137. The van der Waals surface area contributed by atoms with Crippen molar-refractivity contribution in [1.82, 2.24) is 9.97 Å². The molecule has 6 heteroatoms. The summed E-state index contributed by atoms with van der Waals surface area (Å²) in [5, 5.41) is 12.1. The number of nitrogens with zero attached hydrogens (tertiary/aromatic N) is 2. The van der Waals surface area contributed by atoms with Gasteiger partial charge < -0.3 is 15.2 Å².